The van der Waals surface area contributed by atoms with Gasteiger partial charge in [-0.15, -0.1) is 0 Å². The Balaban J connectivity index is 3.04. The Morgan fingerprint density at radius 2 is 2.00 bits per heavy atom. The van der Waals surface area contributed by atoms with Crippen LogP contribution in [0.3, 0.4) is 0 Å². The lowest BCUT2D eigenvalue weighted by molar-refractivity contribution is 0.196. The quantitative estimate of drug-likeness (QED) is 0.367. The van der Waals surface area contributed by atoms with Gasteiger partial charge >= 0.3 is 0 Å². The summed E-state index contributed by atoms with van der Waals surface area (Å²) in [7, 11) is -0.964. The smallest absolute Gasteiger partial charge is 0.123 e. The minimum absolute atomic E-state index is 0.185. The topological polar surface area (TPSA) is 9.23 Å². The first-order valence-electron chi connectivity index (χ1n) is 3.37. The van der Waals surface area contributed by atoms with Gasteiger partial charge in [0.25, 0.3) is 0 Å². The van der Waals surface area contributed by atoms with Gasteiger partial charge in [-0.1, -0.05) is 19.6 Å². The van der Waals surface area contributed by atoms with E-state index >= 15 is 0 Å². The van der Waals surface area contributed by atoms with E-state index in [1.807, 2.05) is 0 Å². The molecule has 0 saturated carbocycles. The predicted molar refractivity (Wildman–Crippen MR) is 47.7 cm³/mol. The zero-order chi connectivity index (χ0) is 8.04. The van der Waals surface area contributed by atoms with E-state index in [1.54, 1.807) is 0 Å². The van der Waals surface area contributed by atoms with Gasteiger partial charge in [0.15, 0.2) is 0 Å². The van der Waals surface area contributed by atoms with Crippen molar-refractivity contribution in [3.63, 3.8) is 0 Å². The molecule has 0 aromatic carbocycles. The number of hydrogen-bond acceptors (Lipinski definition) is 2. The van der Waals surface area contributed by atoms with Crippen molar-refractivity contribution in [1.82, 2.24) is 0 Å². The van der Waals surface area contributed by atoms with Gasteiger partial charge in [0.05, 0.1) is 12.1 Å². The predicted octanol–water partition coefficient (Wildman–Crippen LogP) is 2.92. The fraction of sp³-hybridized carbons (Fsp3) is 1.00. The van der Waals surface area contributed by atoms with Crippen molar-refractivity contribution >= 4 is 20.2 Å². The molecule has 0 unspecified atom stereocenters. The lowest BCUT2D eigenvalue weighted by Gasteiger charge is -2.14. The van der Waals surface area contributed by atoms with Crippen LogP contribution in [-0.2, 0) is 4.74 Å². The Morgan fingerprint density at radius 3 is 2.40 bits per heavy atom. The van der Waals surface area contributed by atoms with Gasteiger partial charge in [0.1, 0.15) is 5.94 Å². The minimum Gasteiger partial charge on any atom is -0.368 e. The van der Waals surface area contributed by atoms with Crippen LogP contribution in [0.15, 0.2) is 0 Å². The Kier molecular flexibility index (Phi) is 5.39. The highest BCUT2D eigenvalue weighted by Gasteiger charge is 2.11. The van der Waals surface area contributed by atoms with Crippen molar-refractivity contribution < 1.29 is 8.62 Å². The minimum atomic E-state index is -0.964. The molecule has 0 spiro atoms. The molecule has 0 atom stereocenters. The van der Waals surface area contributed by atoms with Crippen LogP contribution in [-0.4, -0.2) is 20.6 Å². The largest absolute Gasteiger partial charge is 0.368 e. The SMILES string of the molecule is C[Si](C)(C)CCOCSF. The summed E-state index contributed by atoms with van der Waals surface area (Å²) < 4.78 is 16.4. The molecule has 0 bridgehead atoms. The molecule has 0 aliphatic carbocycles. The molecule has 0 aliphatic heterocycles. The molecule has 0 amide bonds. The first-order chi connectivity index (χ1) is 4.56. The Hall–Kier alpha value is 0.457. The zero-order valence-corrected chi connectivity index (χ0v) is 8.63. The summed E-state index contributed by atoms with van der Waals surface area (Å²) in [5.41, 5.74) is 0. The van der Waals surface area contributed by atoms with E-state index in [0.29, 0.717) is 6.61 Å². The monoisotopic (exact) mass is 182 g/mol. The van der Waals surface area contributed by atoms with Crippen molar-refractivity contribution in [1.29, 1.82) is 0 Å². The van der Waals surface area contributed by atoms with Crippen molar-refractivity contribution in [2.24, 2.45) is 0 Å². The van der Waals surface area contributed by atoms with E-state index in [2.05, 4.69) is 19.6 Å². The van der Waals surface area contributed by atoms with Crippen LogP contribution >= 0.6 is 12.1 Å². The van der Waals surface area contributed by atoms with Crippen molar-refractivity contribution in [2.75, 3.05) is 12.5 Å². The second-order valence-electron chi connectivity index (χ2n) is 3.45. The van der Waals surface area contributed by atoms with E-state index < -0.39 is 8.07 Å². The second-order valence-corrected chi connectivity index (χ2v) is 9.52. The molecule has 0 aromatic heterocycles. The van der Waals surface area contributed by atoms with Crippen molar-refractivity contribution in [3.05, 3.63) is 0 Å². The summed E-state index contributed by atoms with van der Waals surface area (Å²) >= 11 is 0.245. The maximum absolute atomic E-state index is 11.4. The lowest BCUT2D eigenvalue weighted by atomic mass is 10.9. The average Bonchev–Trinajstić information content (AvgIpc) is 1.78. The fourth-order valence-corrected chi connectivity index (χ4v) is 1.41. The van der Waals surface area contributed by atoms with Gasteiger partial charge in [-0.25, -0.2) is 0 Å². The highest BCUT2D eigenvalue weighted by atomic mass is 32.2. The molecule has 0 fully saturated rings. The summed E-state index contributed by atoms with van der Waals surface area (Å²) in [6.45, 7) is 7.55. The van der Waals surface area contributed by atoms with Gasteiger partial charge in [-0.3, -0.25) is 0 Å². The summed E-state index contributed by atoms with van der Waals surface area (Å²) in [4.78, 5) is 0. The molecule has 4 heteroatoms. The maximum atomic E-state index is 11.4. The number of rotatable bonds is 5. The van der Waals surface area contributed by atoms with E-state index in [9.17, 15) is 3.89 Å². The van der Waals surface area contributed by atoms with Crippen LogP contribution < -0.4 is 0 Å². The Bertz CT molecular complexity index is 84.3. The zero-order valence-electron chi connectivity index (χ0n) is 6.82. The van der Waals surface area contributed by atoms with Crippen LogP contribution in [0.1, 0.15) is 0 Å². The van der Waals surface area contributed by atoms with Crippen molar-refractivity contribution in [2.45, 2.75) is 25.7 Å². The maximum Gasteiger partial charge on any atom is 0.123 e. The molecule has 0 aromatic rings. The number of halogens is 1. The first-order valence-corrected chi connectivity index (χ1v) is 7.97. The second kappa shape index (κ2) is 5.15. The molecule has 0 N–H and O–H groups in total. The number of ether oxygens (including phenoxy) is 1. The standard InChI is InChI=1S/C6H15FOSSi/c1-10(2,3)5-4-8-6-9-7/h4-6H2,1-3H3. The molecule has 62 valence electrons. The molecular formula is C6H15FOSSi. The van der Waals surface area contributed by atoms with Crippen LogP contribution in [0.25, 0.3) is 0 Å². The van der Waals surface area contributed by atoms with E-state index in [1.165, 1.54) is 0 Å². The Morgan fingerprint density at radius 1 is 1.40 bits per heavy atom. The number of hydrogen-bond donors (Lipinski definition) is 0. The third-order valence-electron chi connectivity index (χ3n) is 1.12. The molecule has 0 heterocycles. The van der Waals surface area contributed by atoms with Crippen LogP contribution in [0.2, 0.25) is 25.7 Å². The normalized spacial score (nSPS) is 12.0. The Labute approximate surface area is 67.6 Å². The van der Waals surface area contributed by atoms with Crippen LogP contribution in [0.5, 0.6) is 0 Å². The third kappa shape index (κ3) is 8.46. The molecule has 0 aliphatic rings. The van der Waals surface area contributed by atoms with Gasteiger partial charge in [-0.05, 0) is 6.04 Å². The summed E-state index contributed by atoms with van der Waals surface area (Å²) in [6, 6.07) is 1.12. The molecule has 0 saturated heterocycles. The molecular weight excluding hydrogens is 167 g/mol. The highest BCUT2D eigenvalue weighted by Crippen LogP contribution is 2.08. The molecule has 1 nitrogen and oxygen atoms in total. The molecule has 10 heavy (non-hydrogen) atoms. The van der Waals surface area contributed by atoms with Crippen molar-refractivity contribution in [3.8, 4) is 0 Å². The molecule has 0 rings (SSSR count). The van der Waals surface area contributed by atoms with Gasteiger partial charge in [0, 0.05) is 14.7 Å². The van der Waals surface area contributed by atoms with E-state index in [0.717, 1.165) is 6.04 Å². The summed E-state index contributed by atoms with van der Waals surface area (Å²) in [6.07, 6.45) is 0. The average molecular weight is 182 g/mol. The lowest BCUT2D eigenvalue weighted by Crippen LogP contribution is -2.21. The third-order valence-corrected chi connectivity index (χ3v) is 3.08. The fourth-order valence-electron chi connectivity index (χ4n) is 0.469. The van der Waals surface area contributed by atoms with Gasteiger partial charge < -0.3 is 4.74 Å². The summed E-state index contributed by atoms with van der Waals surface area (Å²) in [5, 5.41) is 0. The van der Waals surface area contributed by atoms with Crippen LogP contribution in [0.4, 0.5) is 3.89 Å². The van der Waals surface area contributed by atoms with E-state index in [4.69, 9.17) is 4.74 Å². The first kappa shape index (κ1) is 10.5. The van der Waals surface area contributed by atoms with Gasteiger partial charge in [-0.2, -0.15) is 3.89 Å². The summed E-state index contributed by atoms with van der Waals surface area (Å²) in [5.74, 6) is 0.185. The van der Waals surface area contributed by atoms with Crippen LogP contribution in [0, 0.1) is 0 Å². The van der Waals surface area contributed by atoms with E-state index in [-0.39, 0.29) is 18.1 Å². The highest BCUT2D eigenvalue weighted by molar-refractivity contribution is 7.94. The van der Waals surface area contributed by atoms with Gasteiger partial charge in [0.2, 0.25) is 0 Å². The molecule has 0 radical (unpaired) electrons.